The normalized spacial score (nSPS) is 10.6. The lowest BCUT2D eigenvalue weighted by molar-refractivity contribution is 0.876. The van der Waals surface area contributed by atoms with Gasteiger partial charge in [-0.15, -0.1) is 10.2 Å². The molecule has 0 atom stereocenters. The highest BCUT2D eigenvalue weighted by Crippen LogP contribution is 2.09. The second-order valence-electron chi connectivity index (χ2n) is 3.38. The van der Waals surface area contributed by atoms with E-state index >= 15 is 0 Å². The maximum atomic E-state index is 5.84. The minimum Gasteiger partial charge on any atom is -0.347 e. The molecule has 2 N–H and O–H groups in total. The molecule has 3 aromatic rings. The first-order chi connectivity index (χ1) is 9.31. The fraction of sp³-hybridized carbons (Fsp3) is 0.125. The molecule has 0 amide bonds. The van der Waals surface area contributed by atoms with Crippen molar-refractivity contribution >= 4 is 17.5 Å². The summed E-state index contributed by atoms with van der Waals surface area (Å²) in [4.78, 5) is 16.1. The number of hydrogen-bond acceptors (Lipinski definition) is 8. The van der Waals surface area contributed by atoms with Gasteiger partial charge in [0.1, 0.15) is 6.33 Å². The van der Waals surface area contributed by atoms with E-state index in [1.54, 1.807) is 23.3 Å². The number of aromatic amines is 1. The Kier molecular flexibility index (Phi) is 2.98. The number of tetrazole rings is 1. The third kappa shape index (κ3) is 2.63. The Morgan fingerprint density at radius 3 is 3.00 bits per heavy atom. The zero-order chi connectivity index (χ0) is 13.1. The van der Waals surface area contributed by atoms with Crippen molar-refractivity contribution in [1.82, 2.24) is 45.1 Å². The van der Waals surface area contributed by atoms with Gasteiger partial charge < -0.3 is 5.32 Å². The van der Waals surface area contributed by atoms with Crippen LogP contribution in [0, 0.1) is 0 Å². The molecule has 0 aromatic carbocycles. The molecule has 10 nitrogen and oxygen atoms in total. The first-order valence-electron chi connectivity index (χ1n) is 5.17. The van der Waals surface area contributed by atoms with Crippen molar-refractivity contribution in [3.8, 4) is 5.95 Å². The molecule has 0 spiro atoms. The number of halogens is 1. The van der Waals surface area contributed by atoms with Gasteiger partial charge in [-0.1, -0.05) is 5.21 Å². The standard InChI is InChI=1S/C8H7ClN10/c9-6-12-7(11-3-5-15-17-18-16-5)14-8(13-6)19-2-1-10-4-19/h1-2,4H,3H2,(H,11,12,13,14)(H,15,16,17,18). The highest BCUT2D eigenvalue weighted by molar-refractivity contribution is 6.28. The second-order valence-corrected chi connectivity index (χ2v) is 3.72. The molecule has 96 valence electrons. The molecule has 0 aliphatic rings. The summed E-state index contributed by atoms with van der Waals surface area (Å²) in [7, 11) is 0. The van der Waals surface area contributed by atoms with E-state index in [1.165, 1.54) is 0 Å². The summed E-state index contributed by atoms with van der Waals surface area (Å²) < 4.78 is 1.62. The Morgan fingerprint density at radius 1 is 1.32 bits per heavy atom. The maximum absolute atomic E-state index is 5.84. The third-order valence-corrected chi connectivity index (χ3v) is 2.29. The van der Waals surface area contributed by atoms with Gasteiger partial charge in [0.15, 0.2) is 5.82 Å². The van der Waals surface area contributed by atoms with Crippen LogP contribution in [-0.4, -0.2) is 45.1 Å². The number of H-pyrrole nitrogens is 1. The van der Waals surface area contributed by atoms with Crippen LogP contribution in [0.5, 0.6) is 0 Å². The van der Waals surface area contributed by atoms with E-state index in [1.807, 2.05) is 0 Å². The van der Waals surface area contributed by atoms with Crippen LogP contribution >= 0.6 is 11.6 Å². The van der Waals surface area contributed by atoms with Gasteiger partial charge in [0.05, 0.1) is 6.54 Å². The van der Waals surface area contributed by atoms with Gasteiger partial charge in [0.25, 0.3) is 0 Å². The van der Waals surface area contributed by atoms with E-state index in [4.69, 9.17) is 11.6 Å². The van der Waals surface area contributed by atoms with E-state index in [9.17, 15) is 0 Å². The maximum Gasteiger partial charge on any atom is 0.241 e. The molecule has 0 aliphatic heterocycles. The van der Waals surface area contributed by atoms with Crippen molar-refractivity contribution in [2.75, 3.05) is 5.32 Å². The van der Waals surface area contributed by atoms with Crippen LogP contribution in [0.25, 0.3) is 5.95 Å². The van der Waals surface area contributed by atoms with E-state index in [0.29, 0.717) is 24.3 Å². The average molecular weight is 279 g/mol. The van der Waals surface area contributed by atoms with Gasteiger partial charge in [0, 0.05) is 12.4 Å². The number of imidazole rings is 1. The van der Waals surface area contributed by atoms with Crippen molar-refractivity contribution in [3.63, 3.8) is 0 Å². The Morgan fingerprint density at radius 2 is 2.26 bits per heavy atom. The molecule has 0 aliphatic carbocycles. The van der Waals surface area contributed by atoms with Gasteiger partial charge in [-0.2, -0.15) is 20.2 Å². The Labute approximate surface area is 111 Å². The van der Waals surface area contributed by atoms with Gasteiger partial charge in [-0.05, 0) is 11.6 Å². The summed E-state index contributed by atoms with van der Waals surface area (Å²) in [5.74, 6) is 1.17. The SMILES string of the molecule is Clc1nc(NCc2nn[nH]n2)nc(-n2ccnc2)n1. The minimum absolute atomic E-state index is 0.0781. The largest absolute Gasteiger partial charge is 0.347 e. The van der Waals surface area contributed by atoms with E-state index < -0.39 is 0 Å². The smallest absolute Gasteiger partial charge is 0.241 e. The summed E-state index contributed by atoms with van der Waals surface area (Å²) in [6, 6.07) is 0. The van der Waals surface area contributed by atoms with Crippen molar-refractivity contribution in [1.29, 1.82) is 0 Å². The number of rotatable bonds is 4. The molecule has 0 unspecified atom stereocenters. The minimum atomic E-state index is 0.0781. The third-order valence-electron chi connectivity index (χ3n) is 2.13. The van der Waals surface area contributed by atoms with Gasteiger partial charge in [-0.3, -0.25) is 4.57 Å². The van der Waals surface area contributed by atoms with Crippen LogP contribution in [0.1, 0.15) is 5.82 Å². The quantitative estimate of drug-likeness (QED) is 0.674. The molecule has 0 fully saturated rings. The number of nitrogens with one attached hydrogen (secondary N) is 2. The molecule has 0 radical (unpaired) electrons. The molecular weight excluding hydrogens is 272 g/mol. The van der Waals surface area contributed by atoms with E-state index in [-0.39, 0.29) is 5.28 Å². The molecular formula is C8H7ClN10. The number of hydrogen-bond donors (Lipinski definition) is 2. The van der Waals surface area contributed by atoms with Crippen LogP contribution < -0.4 is 5.32 Å². The van der Waals surface area contributed by atoms with Crippen LogP contribution in [0.3, 0.4) is 0 Å². The number of aromatic nitrogens is 9. The number of nitrogens with zero attached hydrogens (tertiary/aromatic N) is 8. The topological polar surface area (TPSA) is 123 Å². The molecule has 0 bridgehead atoms. The Bertz CT molecular complexity index is 648. The van der Waals surface area contributed by atoms with E-state index in [2.05, 4.69) is 45.9 Å². The average Bonchev–Trinajstić information content (AvgIpc) is 3.09. The highest BCUT2D eigenvalue weighted by atomic mass is 35.5. The zero-order valence-electron chi connectivity index (χ0n) is 9.39. The molecule has 3 rings (SSSR count). The lowest BCUT2D eigenvalue weighted by atomic mass is 10.6. The first-order valence-corrected chi connectivity index (χ1v) is 5.55. The lowest BCUT2D eigenvalue weighted by Gasteiger charge is -2.05. The van der Waals surface area contributed by atoms with Crippen molar-refractivity contribution in [3.05, 3.63) is 29.8 Å². The van der Waals surface area contributed by atoms with Crippen LogP contribution in [0.15, 0.2) is 18.7 Å². The lowest BCUT2D eigenvalue weighted by Crippen LogP contribution is -2.09. The van der Waals surface area contributed by atoms with Crippen LogP contribution in [0.2, 0.25) is 5.28 Å². The summed E-state index contributed by atoms with van der Waals surface area (Å²) in [5, 5.41) is 16.4. The predicted octanol–water partition coefficient (Wildman–Crippen LogP) is -0.164. The van der Waals surface area contributed by atoms with Gasteiger partial charge >= 0.3 is 0 Å². The predicted molar refractivity (Wildman–Crippen MR) is 63.5 cm³/mol. The zero-order valence-corrected chi connectivity index (χ0v) is 10.2. The van der Waals surface area contributed by atoms with E-state index in [0.717, 1.165) is 0 Å². The molecule has 3 aromatic heterocycles. The molecule has 3 heterocycles. The first kappa shape index (κ1) is 11.5. The molecule has 11 heteroatoms. The van der Waals surface area contributed by atoms with Crippen LogP contribution in [0.4, 0.5) is 5.95 Å². The van der Waals surface area contributed by atoms with Gasteiger partial charge in [0.2, 0.25) is 17.2 Å². The fourth-order valence-electron chi connectivity index (χ4n) is 1.33. The van der Waals surface area contributed by atoms with Crippen molar-refractivity contribution < 1.29 is 0 Å². The molecule has 0 saturated heterocycles. The Hall–Kier alpha value is -2.62. The molecule has 0 saturated carbocycles. The van der Waals surface area contributed by atoms with Crippen molar-refractivity contribution in [2.45, 2.75) is 6.54 Å². The Balaban J connectivity index is 1.82. The highest BCUT2D eigenvalue weighted by Gasteiger charge is 2.07. The summed E-state index contributed by atoms with van der Waals surface area (Å²) in [5.41, 5.74) is 0. The second kappa shape index (κ2) is 4.94. The monoisotopic (exact) mass is 278 g/mol. The van der Waals surface area contributed by atoms with Gasteiger partial charge in [-0.25, -0.2) is 4.98 Å². The van der Waals surface area contributed by atoms with Crippen LogP contribution in [-0.2, 0) is 6.54 Å². The fourth-order valence-corrected chi connectivity index (χ4v) is 1.48. The van der Waals surface area contributed by atoms with Crippen molar-refractivity contribution in [2.24, 2.45) is 0 Å². The summed E-state index contributed by atoms with van der Waals surface area (Å²) in [6.45, 7) is 0.320. The number of anilines is 1. The summed E-state index contributed by atoms with van der Waals surface area (Å²) >= 11 is 5.84. The summed E-state index contributed by atoms with van der Waals surface area (Å²) in [6.07, 6.45) is 4.88. The molecule has 19 heavy (non-hydrogen) atoms.